The lowest BCUT2D eigenvalue weighted by Crippen LogP contribution is -2.31. The van der Waals surface area contributed by atoms with E-state index in [-0.39, 0.29) is 12.4 Å². The second-order valence-electron chi connectivity index (χ2n) is 3.72. The van der Waals surface area contributed by atoms with E-state index < -0.39 is 6.10 Å². The van der Waals surface area contributed by atoms with Gasteiger partial charge in [-0.05, 0) is 19.4 Å². The second-order valence-corrected chi connectivity index (χ2v) is 3.72. The SMILES string of the molecule is CCOC(=O)CC(O)CNCC(C)C. The summed E-state index contributed by atoms with van der Waals surface area (Å²) in [6, 6.07) is 0. The largest absolute Gasteiger partial charge is 0.466 e. The average molecular weight is 203 g/mol. The molecule has 4 nitrogen and oxygen atoms in total. The molecule has 1 unspecified atom stereocenters. The Kier molecular flexibility index (Phi) is 7.42. The van der Waals surface area contributed by atoms with Gasteiger partial charge >= 0.3 is 5.97 Å². The van der Waals surface area contributed by atoms with Crippen LogP contribution in [0.4, 0.5) is 0 Å². The summed E-state index contributed by atoms with van der Waals surface area (Å²) in [7, 11) is 0. The monoisotopic (exact) mass is 203 g/mol. The molecule has 0 spiro atoms. The Morgan fingerprint density at radius 1 is 1.43 bits per heavy atom. The van der Waals surface area contributed by atoms with Gasteiger partial charge in [-0.25, -0.2) is 0 Å². The van der Waals surface area contributed by atoms with Crippen molar-refractivity contribution in [1.82, 2.24) is 5.32 Å². The van der Waals surface area contributed by atoms with Gasteiger partial charge in [-0.15, -0.1) is 0 Å². The molecule has 4 heteroatoms. The third kappa shape index (κ3) is 8.01. The third-order valence-corrected chi connectivity index (χ3v) is 1.64. The Hall–Kier alpha value is -0.610. The molecule has 0 radical (unpaired) electrons. The number of aliphatic hydroxyl groups excluding tert-OH is 1. The number of nitrogens with one attached hydrogen (secondary N) is 1. The zero-order chi connectivity index (χ0) is 11.0. The predicted octanol–water partition coefficient (Wildman–Crippen LogP) is 0.546. The van der Waals surface area contributed by atoms with Gasteiger partial charge in [-0.3, -0.25) is 4.79 Å². The summed E-state index contributed by atoms with van der Waals surface area (Å²) in [6.07, 6.45) is -0.577. The molecule has 0 saturated carbocycles. The fourth-order valence-electron chi connectivity index (χ4n) is 1.02. The molecule has 0 aromatic carbocycles. The van der Waals surface area contributed by atoms with Crippen molar-refractivity contribution >= 4 is 5.97 Å². The summed E-state index contributed by atoms with van der Waals surface area (Å²) in [4.78, 5) is 10.9. The van der Waals surface area contributed by atoms with Crippen LogP contribution in [0.5, 0.6) is 0 Å². The van der Waals surface area contributed by atoms with E-state index in [9.17, 15) is 9.90 Å². The molecule has 0 aromatic heterocycles. The minimum Gasteiger partial charge on any atom is -0.466 e. The highest BCUT2D eigenvalue weighted by atomic mass is 16.5. The molecular weight excluding hydrogens is 182 g/mol. The number of carbonyl (C=O) groups is 1. The Morgan fingerprint density at radius 3 is 2.57 bits per heavy atom. The fraction of sp³-hybridized carbons (Fsp3) is 0.900. The molecule has 0 aromatic rings. The first-order valence-corrected chi connectivity index (χ1v) is 5.10. The molecule has 84 valence electrons. The fourth-order valence-corrected chi connectivity index (χ4v) is 1.02. The molecule has 0 amide bonds. The molecule has 0 fully saturated rings. The summed E-state index contributed by atoms with van der Waals surface area (Å²) in [5.41, 5.74) is 0. The molecule has 0 aliphatic rings. The molecule has 0 heterocycles. The summed E-state index contributed by atoms with van der Waals surface area (Å²) in [5.74, 6) is 0.205. The van der Waals surface area contributed by atoms with Crippen LogP contribution in [-0.2, 0) is 9.53 Å². The lowest BCUT2D eigenvalue weighted by Gasteiger charge is -2.12. The lowest BCUT2D eigenvalue weighted by molar-refractivity contribution is -0.145. The third-order valence-electron chi connectivity index (χ3n) is 1.64. The van der Waals surface area contributed by atoms with Crippen molar-refractivity contribution in [2.45, 2.75) is 33.3 Å². The van der Waals surface area contributed by atoms with E-state index in [2.05, 4.69) is 19.2 Å². The summed E-state index contributed by atoms with van der Waals surface area (Å²) >= 11 is 0. The molecule has 0 aliphatic carbocycles. The number of aliphatic hydroxyl groups is 1. The summed E-state index contributed by atoms with van der Waals surface area (Å²) in [6.45, 7) is 7.58. The van der Waals surface area contributed by atoms with Gasteiger partial charge in [0.1, 0.15) is 0 Å². The van der Waals surface area contributed by atoms with Crippen LogP contribution < -0.4 is 5.32 Å². The zero-order valence-corrected chi connectivity index (χ0v) is 9.25. The van der Waals surface area contributed by atoms with Gasteiger partial charge in [-0.2, -0.15) is 0 Å². The number of hydrogen-bond donors (Lipinski definition) is 2. The van der Waals surface area contributed by atoms with E-state index in [0.717, 1.165) is 6.54 Å². The van der Waals surface area contributed by atoms with Crippen LogP contribution in [0.15, 0.2) is 0 Å². The van der Waals surface area contributed by atoms with E-state index in [1.165, 1.54) is 0 Å². The van der Waals surface area contributed by atoms with Gasteiger partial charge in [0.2, 0.25) is 0 Å². The van der Waals surface area contributed by atoms with Gasteiger partial charge in [0.25, 0.3) is 0 Å². The first kappa shape index (κ1) is 13.4. The van der Waals surface area contributed by atoms with Gasteiger partial charge in [0.05, 0.1) is 19.1 Å². The smallest absolute Gasteiger partial charge is 0.308 e. The summed E-state index contributed by atoms with van der Waals surface area (Å²) < 4.78 is 4.71. The van der Waals surface area contributed by atoms with Crippen LogP contribution in [-0.4, -0.2) is 36.9 Å². The molecule has 1 atom stereocenters. The van der Waals surface area contributed by atoms with Crippen molar-refractivity contribution in [3.05, 3.63) is 0 Å². The van der Waals surface area contributed by atoms with Gasteiger partial charge in [0.15, 0.2) is 0 Å². The molecule has 14 heavy (non-hydrogen) atoms. The number of esters is 1. The molecular formula is C10H21NO3. The maximum Gasteiger partial charge on any atom is 0.308 e. The second kappa shape index (κ2) is 7.76. The van der Waals surface area contributed by atoms with Gasteiger partial charge in [0, 0.05) is 6.54 Å². The van der Waals surface area contributed by atoms with Crippen molar-refractivity contribution in [2.24, 2.45) is 5.92 Å². The predicted molar refractivity (Wildman–Crippen MR) is 55.0 cm³/mol. The van der Waals surface area contributed by atoms with Crippen molar-refractivity contribution in [3.8, 4) is 0 Å². The van der Waals surface area contributed by atoms with Crippen LogP contribution in [0.25, 0.3) is 0 Å². The van der Waals surface area contributed by atoms with Crippen LogP contribution in [0.3, 0.4) is 0 Å². The van der Waals surface area contributed by atoms with Crippen molar-refractivity contribution < 1.29 is 14.6 Å². The highest BCUT2D eigenvalue weighted by molar-refractivity contribution is 5.69. The molecule has 0 bridgehead atoms. The number of hydrogen-bond acceptors (Lipinski definition) is 4. The molecule has 0 aliphatic heterocycles. The van der Waals surface area contributed by atoms with E-state index in [1.807, 2.05) is 0 Å². The Bertz CT molecular complexity index is 159. The molecule has 2 N–H and O–H groups in total. The number of rotatable bonds is 7. The van der Waals surface area contributed by atoms with Crippen molar-refractivity contribution in [2.75, 3.05) is 19.7 Å². The standard InChI is InChI=1S/C10H21NO3/c1-4-14-10(13)5-9(12)7-11-6-8(2)3/h8-9,11-12H,4-7H2,1-3H3. The maximum absolute atomic E-state index is 10.9. The van der Waals surface area contributed by atoms with E-state index in [4.69, 9.17) is 4.74 Å². The minimum absolute atomic E-state index is 0.0684. The van der Waals surface area contributed by atoms with Gasteiger partial charge in [-0.1, -0.05) is 13.8 Å². The highest BCUT2D eigenvalue weighted by Crippen LogP contribution is 1.94. The molecule has 0 saturated heterocycles. The maximum atomic E-state index is 10.9. The summed E-state index contributed by atoms with van der Waals surface area (Å²) in [5, 5.41) is 12.5. The molecule has 0 rings (SSSR count). The van der Waals surface area contributed by atoms with E-state index >= 15 is 0 Å². The van der Waals surface area contributed by atoms with Crippen LogP contribution in [0.2, 0.25) is 0 Å². The lowest BCUT2D eigenvalue weighted by atomic mass is 10.2. The van der Waals surface area contributed by atoms with Crippen LogP contribution in [0, 0.1) is 5.92 Å². The number of carbonyl (C=O) groups excluding carboxylic acids is 1. The minimum atomic E-state index is -0.646. The quantitative estimate of drug-likeness (QED) is 0.593. The number of ether oxygens (including phenoxy) is 1. The average Bonchev–Trinajstić information content (AvgIpc) is 2.03. The van der Waals surface area contributed by atoms with Crippen LogP contribution >= 0.6 is 0 Å². The topological polar surface area (TPSA) is 58.6 Å². The van der Waals surface area contributed by atoms with E-state index in [1.54, 1.807) is 6.92 Å². The van der Waals surface area contributed by atoms with Gasteiger partial charge < -0.3 is 15.2 Å². The Labute approximate surface area is 85.6 Å². The first-order chi connectivity index (χ1) is 6.56. The van der Waals surface area contributed by atoms with Crippen molar-refractivity contribution in [1.29, 1.82) is 0 Å². The van der Waals surface area contributed by atoms with Crippen LogP contribution in [0.1, 0.15) is 27.2 Å². The Morgan fingerprint density at radius 2 is 2.07 bits per heavy atom. The van der Waals surface area contributed by atoms with Crippen molar-refractivity contribution in [3.63, 3.8) is 0 Å². The normalized spacial score (nSPS) is 12.9. The van der Waals surface area contributed by atoms with E-state index in [0.29, 0.717) is 19.1 Å². The first-order valence-electron chi connectivity index (χ1n) is 5.10. The highest BCUT2D eigenvalue weighted by Gasteiger charge is 2.10. The zero-order valence-electron chi connectivity index (χ0n) is 9.25. The Balaban J connectivity index is 3.44.